The second-order valence-corrected chi connectivity index (χ2v) is 7.47. The second kappa shape index (κ2) is 7.75. The maximum Gasteiger partial charge on any atom is 0.312 e. The van der Waals surface area contributed by atoms with E-state index in [1.807, 2.05) is 30.3 Å². The normalized spacial score (nSPS) is 23.5. The molecule has 0 aliphatic carbocycles. The van der Waals surface area contributed by atoms with Crippen molar-refractivity contribution in [1.82, 2.24) is 4.90 Å². The van der Waals surface area contributed by atoms with E-state index < -0.39 is 17.5 Å². The molecule has 7 heteroatoms. The molecule has 0 bridgehead atoms. The van der Waals surface area contributed by atoms with Crippen LogP contribution < -0.4 is 9.47 Å². The minimum atomic E-state index is -1.33. The van der Waals surface area contributed by atoms with Crippen molar-refractivity contribution in [2.45, 2.75) is 18.9 Å². The fourth-order valence-corrected chi connectivity index (χ4v) is 4.06. The van der Waals surface area contributed by atoms with Gasteiger partial charge in [0.05, 0.1) is 11.7 Å². The summed E-state index contributed by atoms with van der Waals surface area (Å²) in [5.74, 6) is -0.430. The quantitative estimate of drug-likeness (QED) is 0.819. The van der Waals surface area contributed by atoms with Gasteiger partial charge in [0, 0.05) is 13.1 Å². The Hall–Kier alpha value is -3.06. The number of hydrogen-bond acceptors (Lipinski definition) is 5. The molecule has 4 rings (SSSR count). The fraction of sp³-hybridized carbons (Fsp3) is 0.364. The number of carboxylic acids is 1. The largest absolute Gasteiger partial charge is 0.486 e. The first-order valence-corrected chi connectivity index (χ1v) is 9.64. The summed E-state index contributed by atoms with van der Waals surface area (Å²) in [6.07, 6.45) is -0.810. The van der Waals surface area contributed by atoms with E-state index in [0.717, 1.165) is 5.56 Å². The molecule has 1 saturated heterocycles. The number of aliphatic hydroxyl groups is 1. The molecule has 2 aliphatic heterocycles. The van der Waals surface area contributed by atoms with Crippen LogP contribution in [0.3, 0.4) is 0 Å². The maximum atomic E-state index is 13.1. The number of para-hydroxylation sites is 1. The molecule has 2 atom stereocenters. The summed E-state index contributed by atoms with van der Waals surface area (Å²) < 4.78 is 11.2. The number of carboxylic acid groups (broad SMARTS) is 1. The topological polar surface area (TPSA) is 96.3 Å². The predicted octanol–water partition coefficient (Wildman–Crippen LogP) is 1.98. The minimum Gasteiger partial charge on any atom is -0.486 e. The maximum absolute atomic E-state index is 13.1. The number of rotatable bonds is 4. The van der Waals surface area contributed by atoms with Gasteiger partial charge in [-0.15, -0.1) is 0 Å². The number of aliphatic hydroxyl groups excluding tert-OH is 1. The van der Waals surface area contributed by atoms with Gasteiger partial charge in [0.1, 0.15) is 18.6 Å². The lowest BCUT2D eigenvalue weighted by molar-refractivity contribution is -0.161. The monoisotopic (exact) mass is 397 g/mol. The molecule has 0 radical (unpaired) electrons. The lowest BCUT2D eigenvalue weighted by atomic mass is 9.71. The van der Waals surface area contributed by atoms with Crippen LogP contribution in [0.2, 0.25) is 0 Å². The summed E-state index contributed by atoms with van der Waals surface area (Å²) in [5, 5.41) is 20.7. The van der Waals surface area contributed by atoms with Crippen LogP contribution in [0.5, 0.6) is 11.5 Å². The fourth-order valence-electron chi connectivity index (χ4n) is 4.06. The van der Waals surface area contributed by atoms with Crippen LogP contribution in [0.4, 0.5) is 0 Å². The highest BCUT2D eigenvalue weighted by molar-refractivity contribution is 5.98. The predicted molar refractivity (Wildman–Crippen MR) is 104 cm³/mol. The molecule has 7 nitrogen and oxygen atoms in total. The molecular weight excluding hydrogens is 374 g/mol. The van der Waals surface area contributed by atoms with Crippen LogP contribution in [0, 0.1) is 5.41 Å². The van der Waals surface area contributed by atoms with E-state index in [1.165, 1.54) is 4.90 Å². The van der Waals surface area contributed by atoms with Gasteiger partial charge in [0.25, 0.3) is 5.91 Å². The molecule has 0 saturated carbocycles. The van der Waals surface area contributed by atoms with Crippen molar-refractivity contribution in [3.05, 3.63) is 59.7 Å². The van der Waals surface area contributed by atoms with Crippen LogP contribution in [0.25, 0.3) is 0 Å². The molecule has 2 heterocycles. The molecule has 0 spiro atoms. The van der Waals surface area contributed by atoms with E-state index >= 15 is 0 Å². The molecule has 0 aromatic heterocycles. The molecule has 2 aromatic rings. The van der Waals surface area contributed by atoms with Crippen molar-refractivity contribution < 1.29 is 29.3 Å². The molecule has 1 fully saturated rings. The first-order chi connectivity index (χ1) is 14.0. The zero-order chi connectivity index (χ0) is 20.4. The van der Waals surface area contributed by atoms with Crippen LogP contribution in [-0.2, 0) is 11.2 Å². The standard InChI is InChI=1S/C22H23NO6/c24-18-14-23(20(25)16-7-4-8-17-19(16)29-12-11-28-17)10-9-22(18,21(26)27)13-15-5-2-1-3-6-15/h1-8,18,24H,9-14H2,(H,26,27)/t18-,22-/m1/s1. The van der Waals surface area contributed by atoms with Gasteiger partial charge in [-0.25, -0.2) is 0 Å². The summed E-state index contributed by atoms with van der Waals surface area (Å²) in [6, 6.07) is 14.4. The number of ether oxygens (including phenoxy) is 2. The first-order valence-electron chi connectivity index (χ1n) is 9.64. The number of carbonyl (C=O) groups is 2. The Labute approximate surface area is 168 Å². The number of β-amino-alcohol motifs (C(OH)–C–C–N with tert-alkyl or cyclic N) is 1. The molecule has 0 unspecified atom stereocenters. The number of amides is 1. The third kappa shape index (κ3) is 3.53. The van der Waals surface area contributed by atoms with E-state index in [1.54, 1.807) is 18.2 Å². The van der Waals surface area contributed by atoms with E-state index in [4.69, 9.17) is 9.47 Å². The summed E-state index contributed by atoms with van der Waals surface area (Å²) in [6.45, 7) is 0.967. The molecule has 2 aromatic carbocycles. The average Bonchev–Trinajstić information content (AvgIpc) is 2.75. The molecule has 1 amide bonds. The Bertz CT molecular complexity index is 915. The lowest BCUT2D eigenvalue weighted by Gasteiger charge is -2.43. The summed E-state index contributed by atoms with van der Waals surface area (Å²) in [4.78, 5) is 26.7. The van der Waals surface area contributed by atoms with Crippen LogP contribution in [0.15, 0.2) is 48.5 Å². The number of aliphatic carboxylic acids is 1. The summed E-state index contributed by atoms with van der Waals surface area (Å²) in [7, 11) is 0. The Morgan fingerprint density at radius 1 is 1.07 bits per heavy atom. The second-order valence-electron chi connectivity index (χ2n) is 7.47. The Morgan fingerprint density at radius 3 is 2.55 bits per heavy atom. The van der Waals surface area contributed by atoms with E-state index in [2.05, 4.69) is 0 Å². The summed E-state index contributed by atoms with van der Waals surface area (Å²) >= 11 is 0. The number of benzene rings is 2. The van der Waals surface area contributed by atoms with Crippen LogP contribution in [-0.4, -0.2) is 59.4 Å². The highest BCUT2D eigenvalue weighted by Gasteiger charge is 2.49. The van der Waals surface area contributed by atoms with Gasteiger partial charge in [0.2, 0.25) is 0 Å². The molecule has 29 heavy (non-hydrogen) atoms. The minimum absolute atomic E-state index is 0.0531. The SMILES string of the molecule is O=C(c1cccc2c1OCCO2)N1CC[C@](Cc2ccccc2)(C(=O)O)[C@H](O)C1. The van der Waals surface area contributed by atoms with Gasteiger partial charge in [0.15, 0.2) is 11.5 Å². The number of hydrogen-bond donors (Lipinski definition) is 2. The molecule has 152 valence electrons. The highest BCUT2D eigenvalue weighted by atomic mass is 16.6. The van der Waals surface area contributed by atoms with Crippen LogP contribution >= 0.6 is 0 Å². The lowest BCUT2D eigenvalue weighted by Crippen LogP contribution is -2.57. The van der Waals surface area contributed by atoms with E-state index in [0.29, 0.717) is 30.3 Å². The van der Waals surface area contributed by atoms with Crippen molar-refractivity contribution in [1.29, 1.82) is 0 Å². The molecule has 2 aliphatic rings. The van der Waals surface area contributed by atoms with Crippen molar-refractivity contribution >= 4 is 11.9 Å². The van der Waals surface area contributed by atoms with E-state index in [-0.39, 0.29) is 31.8 Å². The molecule has 2 N–H and O–H groups in total. The van der Waals surface area contributed by atoms with Crippen molar-refractivity contribution in [3.63, 3.8) is 0 Å². The third-order valence-corrected chi connectivity index (χ3v) is 5.73. The first kappa shape index (κ1) is 19.3. The number of nitrogens with zero attached hydrogens (tertiary/aromatic N) is 1. The van der Waals surface area contributed by atoms with Gasteiger partial charge < -0.3 is 24.6 Å². The van der Waals surface area contributed by atoms with Gasteiger partial charge in [-0.3, -0.25) is 9.59 Å². The smallest absolute Gasteiger partial charge is 0.312 e. The number of likely N-dealkylation sites (tertiary alicyclic amines) is 1. The Morgan fingerprint density at radius 2 is 1.83 bits per heavy atom. The van der Waals surface area contributed by atoms with Crippen LogP contribution in [0.1, 0.15) is 22.3 Å². The zero-order valence-electron chi connectivity index (χ0n) is 15.9. The van der Waals surface area contributed by atoms with Crippen molar-refractivity contribution in [2.75, 3.05) is 26.3 Å². The zero-order valence-corrected chi connectivity index (χ0v) is 15.9. The van der Waals surface area contributed by atoms with Gasteiger partial charge in [-0.1, -0.05) is 36.4 Å². The number of carbonyl (C=O) groups excluding carboxylic acids is 1. The van der Waals surface area contributed by atoms with Gasteiger partial charge in [-0.05, 0) is 30.5 Å². The molecular formula is C22H23NO6. The Kier molecular flexibility index (Phi) is 5.15. The summed E-state index contributed by atoms with van der Waals surface area (Å²) in [5.41, 5.74) is -0.120. The highest BCUT2D eigenvalue weighted by Crippen LogP contribution is 2.38. The third-order valence-electron chi connectivity index (χ3n) is 5.73. The average molecular weight is 397 g/mol. The van der Waals surface area contributed by atoms with Crippen molar-refractivity contribution in [2.24, 2.45) is 5.41 Å². The number of piperidine rings is 1. The Balaban J connectivity index is 1.55. The number of fused-ring (bicyclic) bond motifs is 1. The van der Waals surface area contributed by atoms with Gasteiger partial charge >= 0.3 is 5.97 Å². The van der Waals surface area contributed by atoms with E-state index in [9.17, 15) is 19.8 Å². The van der Waals surface area contributed by atoms with Gasteiger partial charge in [-0.2, -0.15) is 0 Å². The van der Waals surface area contributed by atoms with Crippen molar-refractivity contribution in [3.8, 4) is 11.5 Å².